The average Bonchev–Trinajstić information content (AvgIpc) is 2.61. The Morgan fingerprint density at radius 2 is 1.73 bits per heavy atom. The van der Waals surface area contributed by atoms with Crippen molar-refractivity contribution in [3.8, 4) is 11.1 Å². The van der Waals surface area contributed by atoms with Gasteiger partial charge in [0.15, 0.2) is 10.9 Å². The van der Waals surface area contributed by atoms with Gasteiger partial charge in [-0.05, 0) is 41.5 Å². The summed E-state index contributed by atoms with van der Waals surface area (Å²) in [5.41, 5.74) is 5.27. The van der Waals surface area contributed by atoms with Crippen molar-refractivity contribution in [3.05, 3.63) is 59.2 Å². The third kappa shape index (κ3) is 5.31. The number of benzene rings is 2. The van der Waals surface area contributed by atoms with Crippen LogP contribution >= 0.6 is 12.6 Å². The van der Waals surface area contributed by atoms with Crippen molar-refractivity contribution >= 4 is 23.5 Å². The van der Waals surface area contributed by atoms with E-state index in [1.54, 1.807) is 0 Å². The molecule has 0 radical (unpaired) electrons. The molecule has 0 aliphatic rings. The van der Waals surface area contributed by atoms with Crippen molar-refractivity contribution in [1.29, 1.82) is 0 Å². The molecule has 0 N–H and O–H groups in total. The fraction of sp³-hybridized carbons (Fsp3) is 0.391. The molecule has 0 bridgehead atoms. The van der Waals surface area contributed by atoms with Crippen LogP contribution in [0.25, 0.3) is 11.1 Å². The van der Waals surface area contributed by atoms with E-state index in [1.165, 1.54) is 5.56 Å². The van der Waals surface area contributed by atoms with E-state index < -0.39 is 0 Å². The van der Waals surface area contributed by atoms with Crippen LogP contribution in [-0.4, -0.2) is 10.9 Å². The Morgan fingerprint density at radius 3 is 2.35 bits per heavy atom. The lowest BCUT2D eigenvalue weighted by atomic mass is 9.87. The smallest absolute Gasteiger partial charge is 0.186 e. The van der Waals surface area contributed by atoms with E-state index in [0.717, 1.165) is 41.5 Å². The predicted molar refractivity (Wildman–Crippen MR) is 112 cm³/mol. The standard InChI is InChI=1S/C23H28O2S/c1-4-8-18-11-12-20(22(24)14-17(5-2)15-23(25)26)21(13-18)19-10-7-6-9-16(19)3/h6-7,9-13,17H,4-5,8,14-15H2,1-3H3,(H,25,26). The largest absolute Gasteiger partial charge is 0.294 e. The minimum atomic E-state index is -0.151. The fourth-order valence-electron chi connectivity index (χ4n) is 3.36. The summed E-state index contributed by atoms with van der Waals surface area (Å²) in [6, 6.07) is 14.4. The van der Waals surface area contributed by atoms with Gasteiger partial charge in [-0.2, -0.15) is 0 Å². The quantitative estimate of drug-likeness (QED) is 0.431. The van der Waals surface area contributed by atoms with Crippen LogP contribution in [0.15, 0.2) is 42.5 Å². The Balaban J connectivity index is 2.42. The molecule has 0 heterocycles. The first-order valence-corrected chi connectivity index (χ1v) is 9.84. The SMILES string of the molecule is CCCc1ccc(C(=O)CC(CC)CC(=O)S)c(-c2ccccc2C)c1. The molecule has 0 fully saturated rings. The summed E-state index contributed by atoms with van der Waals surface area (Å²) in [7, 11) is 0. The molecule has 0 amide bonds. The van der Waals surface area contributed by atoms with Gasteiger partial charge in [0.2, 0.25) is 0 Å². The highest BCUT2D eigenvalue weighted by Crippen LogP contribution is 2.30. The van der Waals surface area contributed by atoms with E-state index in [0.29, 0.717) is 12.8 Å². The van der Waals surface area contributed by atoms with Crippen LogP contribution in [0.1, 0.15) is 61.0 Å². The van der Waals surface area contributed by atoms with E-state index in [4.69, 9.17) is 0 Å². The summed E-state index contributed by atoms with van der Waals surface area (Å²) in [6.45, 7) is 6.25. The van der Waals surface area contributed by atoms with E-state index in [-0.39, 0.29) is 16.8 Å². The first kappa shape index (κ1) is 20.4. The number of hydrogen-bond donors (Lipinski definition) is 1. The molecule has 1 atom stereocenters. The van der Waals surface area contributed by atoms with Crippen LogP contribution in [0, 0.1) is 12.8 Å². The molecule has 3 heteroatoms. The summed E-state index contributed by atoms with van der Waals surface area (Å²) in [5, 5.41) is -0.151. The van der Waals surface area contributed by atoms with E-state index >= 15 is 0 Å². The molecule has 26 heavy (non-hydrogen) atoms. The van der Waals surface area contributed by atoms with Gasteiger partial charge in [0.25, 0.3) is 0 Å². The Labute approximate surface area is 162 Å². The highest BCUT2D eigenvalue weighted by Gasteiger charge is 2.19. The van der Waals surface area contributed by atoms with Crippen LogP contribution in [0.3, 0.4) is 0 Å². The highest BCUT2D eigenvalue weighted by molar-refractivity contribution is 7.96. The number of carbonyl (C=O) groups is 2. The first-order valence-electron chi connectivity index (χ1n) is 9.40. The summed E-state index contributed by atoms with van der Waals surface area (Å²) < 4.78 is 0. The Kier molecular flexibility index (Phi) is 7.65. The Bertz CT molecular complexity index is 780. The molecule has 0 aliphatic carbocycles. The lowest BCUT2D eigenvalue weighted by Crippen LogP contribution is -2.12. The molecule has 0 saturated heterocycles. The zero-order valence-corrected chi connectivity index (χ0v) is 16.8. The number of aryl methyl sites for hydroxylation is 2. The predicted octanol–water partition coefficient (Wildman–Crippen LogP) is 6.06. The lowest BCUT2D eigenvalue weighted by molar-refractivity contribution is -0.111. The number of thiol groups is 1. The second kappa shape index (κ2) is 9.72. The number of hydrogen-bond acceptors (Lipinski definition) is 2. The number of ketones is 1. The maximum absolute atomic E-state index is 13.0. The molecular formula is C23H28O2S. The van der Waals surface area contributed by atoms with E-state index in [2.05, 4.69) is 50.7 Å². The normalized spacial score (nSPS) is 12.0. The van der Waals surface area contributed by atoms with Crippen molar-refractivity contribution < 1.29 is 9.59 Å². The van der Waals surface area contributed by atoms with Gasteiger partial charge < -0.3 is 0 Å². The molecule has 138 valence electrons. The number of carbonyl (C=O) groups excluding carboxylic acids is 2. The molecule has 0 aliphatic heterocycles. The maximum Gasteiger partial charge on any atom is 0.186 e. The second-order valence-electron chi connectivity index (χ2n) is 6.94. The van der Waals surface area contributed by atoms with Gasteiger partial charge in [0, 0.05) is 18.4 Å². The molecule has 2 nitrogen and oxygen atoms in total. The Hall–Kier alpha value is -1.87. The van der Waals surface area contributed by atoms with Crippen LogP contribution < -0.4 is 0 Å². The van der Waals surface area contributed by atoms with Gasteiger partial charge >= 0.3 is 0 Å². The number of rotatable bonds is 9. The molecule has 1 unspecified atom stereocenters. The lowest BCUT2D eigenvalue weighted by Gasteiger charge is -2.16. The molecule has 2 aromatic rings. The van der Waals surface area contributed by atoms with Crippen molar-refractivity contribution in [2.45, 2.75) is 52.9 Å². The molecule has 0 spiro atoms. The minimum absolute atomic E-state index is 0.0486. The van der Waals surface area contributed by atoms with Gasteiger partial charge in [-0.1, -0.05) is 69.2 Å². The average molecular weight is 369 g/mol. The third-order valence-electron chi connectivity index (χ3n) is 4.87. The van der Waals surface area contributed by atoms with Crippen LogP contribution in [0.4, 0.5) is 0 Å². The van der Waals surface area contributed by atoms with Gasteiger partial charge in [0.1, 0.15) is 0 Å². The van der Waals surface area contributed by atoms with Gasteiger partial charge in [0.05, 0.1) is 0 Å². The summed E-state index contributed by atoms with van der Waals surface area (Å²) in [4.78, 5) is 24.4. The van der Waals surface area contributed by atoms with Crippen molar-refractivity contribution in [1.82, 2.24) is 0 Å². The monoisotopic (exact) mass is 368 g/mol. The maximum atomic E-state index is 13.0. The number of Topliss-reactive ketones (excluding diaryl/α,β-unsaturated/α-hetero) is 1. The fourth-order valence-corrected chi connectivity index (χ4v) is 3.61. The van der Waals surface area contributed by atoms with Crippen molar-refractivity contribution in [2.24, 2.45) is 5.92 Å². The van der Waals surface area contributed by atoms with Crippen LogP contribution in [-0.2, 0) is 11.2 Å². The molecule has 2 aromatic carbocycles. The van der Waals surface area contributed by atoms with E-state index in [1.807, 2.05) is 25.1 Å². The van der Waals surface area contributed by atoms with Crippen LogP contribution in [0.5, 0.6) is 0 Å². The van der Waals surface area contributed by atoms with Gasteiger partial charge in [-0.3, -0.25) is 9.59 Å². The topological polar surface area (TPSA) is 34.1 Å². The zero-order valence-electron chi connectivity index (χ0n) is 15.9. The van der Waals surface area contributed by atoms with E-state index in [9.17, 15) is 9.59 Å². The summed E-state index contributed by atoms with van der Waals surface area (Å²) >= 11 is 3.88. The molecular weight excluding hydrogens is 340 g/mol. The molecule has 0 saturated carbocycles. The van der Waals surface area contributed by atoms with Crippen molar-refractivity contribution in [3.63, 3.8) is 0 Å². The Morgan fingerprint density at radius 1 is 1.00 bits per heavy atom. The van der Waals surface area contributed by atoms with Crippen LogP contribution in [0.2, 0.25) is 0 Å². The molecule has 0 aromatic heterocycles. The molecule has 2 rings (SSSR count). The highest BCUT2D eigenvalue weighted by atomic mass is 32.1. The third-order valence-corrected chi connectivity index (χ3v) is 5.06. The summed E-state index contributed by atoms with van der Waals surface area (Å²) in [5.74, 6) is 0.153. The zero-order chi connectivity index (χ0) is 19.1. The van der Waals surface area contributed by atoms with Gasteiger partial charge in [-0.15, -0.1) is 12.6 Å². The second-order valence-corrected chi connectivity index (χ2v) is 7.44. The van der Waals surface area contributed by atoms with Crippen molar-refractivity contribution in [2.75, 3.05) is 0 Å². The summed E-state index contributed by atoms with van der Waals surface area (Å²) in [6.07, 6.45) is 3.60. The minimum Gasteiger partial charge on any atom is -0.294 e. The first-order chi connectivity index (χ1) is 12.5. The van der Waals surface area contributed by atoms with Gasteiger partial charge in [-0.25, -0.2) is 0 Å².